The predicted molar refractivity (Wildman–Crippen MR) is 216 cm³/mol. The van der Waals surface area contributed by atoms with Crippen molar-refractivity contribution in [2.24, 2.45) is 0 Å². The van der Waals surface area contributed by atoms with Crippen LogP contribution in [0.3, 0.4) is 0 Å². The van der Waals surface area contributed by atoms with E-state index in [4.69, 9.17) is 4.74 Å². The van der Waals surface area contributed by atoms with Gasteiger partial charge in [-0.2, -0.15) is 0 Å². The van der Waals surface area contributed by atoms with E-state index in [0.29, 0.717) is 30.8 Å². The van der Waals surface area contributed by atoms with Crippen molar-refractivity contribution in [3.63, 3.8) is 0 Å². The zero-order valence-corrected chi connectivity index (χ0v) is 33.2. The van der Waals surface area contributed by atoms with E-state index in [9.17, 15) is 28.1 Å². The minimum Gasteiger partial charge on any atom is -0.496 e. The first-order chi connectivity index (χ1) is 26.3. The number of piperazine rings is 1. The standard InChI is InChI=1S/C40H48N6O7S2/c1-43(2)21-20-32(28-54-33-8-6-5-7-9-33)41-36-18-16-34(27-37(36)46(49)50)55(51,52)42-40(48)31-14-12-30(13-15-31)35-17-10-29(26-38(35)53-4)11-19-39(47)45-24-22-44(3)23-25-45/h5-10,12-18,26-27,32,41H,11,19-25,28H2,1-4H3,(H,42,48)/t32-/m1/s1. The van der Waals surface area contributed by atoms with E-state index in [1.165, 1.54) is 24.3 Å². The van der Waals surface area contributed by atoms with Gasteiger partial charge in [-0.1, -0.05) is 42.5 Å². The average molecular weight is 789 g/mol. The van der Waals surface area contributed by atoms with Crippen molar-refractivity contribution in [2.45, 2.75) is 35.1 Å². The Bertz CT molecular complexity index is 2060. The number of carbonyl (C=O) groups excluding carboxylic acids is 2. The van der Waals surface area contributed by atoms with Gasteiger partial charge in [-0.25, -0.2) is 13.1 Å². The van der Waals surface area contributed by atoms with Crippen molar-refractivity contribution >= 4 is 45.0 Å². The highest BCUT2D eigenvalue weighted by molar-refractivity contribution is 7.99. The Morgan fingerprint density at radius 1 is 0.964 bits per heavy atom. The third kappa shape index (κ3) is 11.5. The number of carbonyl (C=O) groups is 2. The van der Waals surface area contributed by atoms with Crippen LogP contribution in [0.1, 0.15) is 28.8 Å². The number of rotatable bonds is 17. The second-order valence-electron chi connectivity index (χ2n) is 13.7. The number of nitrogens with one attached hydrogen (secondary N) is 2. The number of anilines is 1. The Morgan fingerprint density at radius 2 is 1.67 bits per heavy atom. The van der Waals surface area contributed by atoms with Crippen LogP contribution in [0.15, 0.2) is 101 Å². The lowest BCUT2D eigenvalue weighted by molar-refractivity contribution is -0.384. The van der Waals surface area contributed by atoms with Crippen molar-refractivity contribution in [1.82, 2.24) is 19.4 Å². The highest BCUT2D eigenvalue weighted by Gasteiger charge is 2.25. The van der Waals surface area contributed by atoms with Crippen LogP contribution in [0.2, 0.25) is 0 Å². The van der Waals surface area contributed by atoms with Crippen LogP contribution in [0.5, 0.6) is 5.75 Å². The minimum absolute atomic E-state index is 0.0813. The highest BCUT2D eigenvalue weighted by Crippen LogP contribution is 2.33. The van der Waals surface area contributed by atoms with E-state index >= 15 is 0 Å². The molecule has 0 unspecified atom stereocenters. The van der Waals surface area contributed by atoms with Gasteiger partial charge in [-0.05, 0) is 94.1 Å². The fraction of sp³-hybridized carbons (Fsp3) is 0.350. The molecule has 15 heteroatoms. The summed E-state index contributed by atoms with van der Waals surface area (Å²) in [6.45, 7) is 3.95. The number of methoxy groups -OCH3 is 1. The first kappa shape index (κ1) is 41.2. The van der Waals surface area contributed by atoms with Gasteiger partial charge in [-0.15, -0.1) is 11.8 Å². The molecule has 0 bridgehead atoms. The molecule has 1 fully saturated rings. The van der Waals surface area contributed by atoms with Crippen LogP contribution in [0.4, 0.5) is 11.4 Å². The monoisotopic (exact) mass is 788 g/mol. The summed E-state index contributed by atoms with van der Waals surface area (Å²) < 4.78 is 34.4. The molecule has 0 aromatic heterocycles. The van der Waals surface area contributed by atoms with Gasteiger partial charge in [0, 0.05) is 66.5 Å². The third-order valence-electron chi connectivity index (χ3n) is 9.39. The minimum atomic E-state index is -4.47. The molecule has 0 aliphatic carbocycles. The maximum atomic E-state index is 13.3. The van der Waals surface area contributed by atoms with Crippen molar-refractivity contribution < 1.29 is 27.7 Å². The van der Waals surface area contributed by atoms with Crippen LogP contribution < -0.4 is 14.8 Å². The van der Waals surface area contributed by atoms with Gasteiger partial charge >= 0.3 is 0 Å². The number of thioether (sulfide) groups is 1. The Kier molecular flexibility index (Phi) is 14.3. The summed E-state index contributed by atoms with van der Waals surface area (Å²) in [4.78, 5) is 44.2. The van der Waals surface area contributed by atoms with Gasteiger partial charge in [0.2, 0.25) is 5.91 Å². The Hall–Kier alpha value is -4.96. The summed E-state index contributed by atoms with van der Waals surface area (Å²) in [7, 11) is 3.04. The van der Waals surface area contributed by atoms with E-state index < -0.39 is 31.4 Å². The lowest BCUT2D eigenvalue weighted by Gasteiger charge is -2.32. The molecule has 55 heavy (non-hydrogen) atoms. The lowest BCUT2D eigenvalue weighted by atomic mass is 9.99. The summed E-state index contributed by atoms with van der Waals surface area (Å²) in [5.41, 5.74) is 2.31. The van der Waals surface area contributed by atoms with Crippen LogP contribution in [0, 0.1) is 10.1 Å². The predicted octanol–water partition coefficient (Wildman–Crippen LogP) is 5.62. The molecule has 13 nitrogen and oxygen atoms in total. The van der Waals surface area contributed by atoms with Gasteiger partial charge in [0.25, 0.3) is 21.6 Å². The first-order valence-corrected chi connectivity index (χ1v) is 20.5. The number of aryl methyl sites for hydroxylation is 1. The fourth-order valence-corrected chi connectivity index (χ4v) is 8.12. The summed E-state index contributed by atoms with van der Waals surface area (Å²) in [5.74, 6) is 0.475. The quantitative estimate of drug-likeness (QED) is 0.0779. The second kappa shape index (κ2) is 19.1. The van der Waals surface area contributed by atoms with E-state index in [-0.39, 0.29) is 23.2 Å². The molecule has 1 aliphatic rings. The number of sulfonamides is 1. The van der Waals surface area contributed by atoms with Crippen molar-refractivity contribution in [1.29, 1.82) is 0 Å². The SMILES string of the molecule is COc1cc(CCC(=O)N2CCN(C)CC2)ccc1-c1ccc(C(=O)NS(=O)(=O)c2ccc(N[C@H](CCN(C)C)CSc3ccccc3)c([N+](=O)[O-])c2)cc1. The molecule has 2 N–H and O–H groups in total. The number of nitrogens with zero attached hydrogens (tertiary/aromatic N) is 4. The van der Waals surface area contributed by atoms with Crippen molar-refractivity contribution in [3.8, 4) is 16.9 Å². The smallest absolute Gasteiger partial charge is 0.293 e. The number of nitro benzene ring substituents is 1. The molecule has 1 saturated heterocycles. The van der Waals surface area contributed by atoms with E-state index in [1.54, 1.807) is 31.0 Å². The maximum absolute atomic E-state index is 13.3. The summed E-state index contributed by atoms with van der Waals surface area (Å²) in [6.07, 6.45) is 1.67. The van der Waals surface area contributed by atoms with Crippen LogP contribution in [0.25, 0.3) is 11.1 Å². The van der Waals surface area contributed by atoms with Crippen LogP contribution >= 0.6 is 11.8 Å². The molecule has 4 aromatic carbocycles. The molecule has 0 spiro atoms. The zero-order chi connectivity index (χ0) is 39.5. The number of ether oxygens (including phenoxy) is 1. The van der Waals surface area contributed by atoms with E-state index in [0.717, 1.165) is 60.4 Å². The molecular weight excluding hydrogens is 741 g/mol. The lowest BCUT2D eigenvalue weighted by Crippen LogP contribution is -2.47. The number of hydrogen-bond acceptors (Lipinski definition) is 11. The topological polar surface area (TPSA) is 154 Å². The number of amides is 2. The largest absolute Gasteiger partial charge is 0.496 e. The number of benzene rings is 4. The van der Waals surface area contributed by atoms with Crippen LogP contribution in [-0.2, 0) is 21.2 Å². The zero-order valence-electron chi connectivity index (χ0n) is 31.6. The van der Waals surface area contributed by atoms with Gasteiger partial charge in [0.15, 0.2) is 0 Å². The molecule has 1 aliphatic heterocycles. The molecule has 4 aromatic rings. The number of nitro groups is 1. The first-order valence-electron chi connectivity index (χ1n) is 18.0. The Morgan fingerprint density at radius 3 is 2.33 bits per heavy atom. The van der Waals surface area contributed by atoms with E-state index in [2.05, 4.69) is 17.3 Å². The van der Waals surface area contributed by atoms with Crippen molar-refractivity contribution in [2.75, 3.05) is 72.0 Å². The summed E-state index contributed by atoms with van der Waals surface area (Å²) in [5, 5.41) is 15.4. The van der Waals surface area contributed by atoms with Crippen LogP contribution in [-0.4, -0.2) is 113 Å². The van der Waals surface area contributed by atoms with Gasteiger partial charge < -0.3 is 24.8 Å². The molecule has 0 radical (unpaired) electrons. The third-order valence-corrected chi connectivity index (χ3v) is 11.9. The molecule has 5 rings (SSSR count). The number of likely N-dealkylation sites (N-methyl/N-ethyl adjacent to an activating group) is 1. The van der Waals surface area contributed by atoms with Crippen molar-refractivity contribution in [3.05, 3.63) is 112 Å². The molecular formula is C40H48N6O7S2. The molecule has 292 valence electrons. The average Bonchev–Trinajstić information content (AvgIpc) is 3.18. The number of hydrogen-bond donors (Lipinski definition) is 2. The van der Waals surface area contributed by atoms with Gasteiger partial charge in [0.1, 0.15) is 11.4 Å². The summed E-state index contributed by atoms with van der Waals surface area (Å²) in [6, 6.07) is 25.3. The Labute approximate surface area is 327 Å². The summed E-state index contributed by atoms with van der Waals surface area (Å²) >= 11 is 1.62. The molecule has 1 atom stereocenters. The molecule has 1 heterocycles. The highest BCUT2D eigenvalue weighted by atomic mass is 32.2. The molecule has 0 saturated carbocycles. The molecule has 2 amide bonds. The second-order valence-corrected chi connectivity index (χ2v) is 16.5. The maximum Gasteiger partial charge on any atom is 0.293 e. The van der Waals surface area contributed by atoms with Gasteiger partial charge in [0.05, 0.1) is 16.9 Å². The Balaban J connectivity index is 1.24. The van der Waals surface area contributed by atoms with E-state index in [1.807, 2.05) is 77.1 Å². The fourth-order valence-electron chi connectivity index (χ4n) is 6.13. The van der Waals surface area contributed by atoms with Gasteiger partial charge in [-0.3, -0.25) is 19.7 Å². The normalized spacial score (nSPS) is 14.0.